The van der Waals surface area contributed by atoms with Gasteiger partial charge in [0.05, 0.1) is 6.54 Å². The second-order valence-corrected chi connectivity index (χ2v) is 4.66. The first-order valence-corrected chi connectivity index (χ1v) is 6.76. The van der Waals surface area contributed by atoms with Gasteiger partial charge in [0.1, 0.15) is 6.54 Å². The molecule has 1 rings (SSSR count). The van der Waals surface area contributed by atoms with Crippen LogP contribution in [0.4, 0.5) is 4.79 Å². The maximum Gasteiger partial charge on any atom is 0.322 e. The maximum atomic E-state index is 11.8. The molecular weight excluding hydrogens is 264 g/mol. The number of carbonyl (C=O) groups excluding carboxylic acids is 2. The van der Waals surface area contributed by atoms with Crippen molar-refractivity contribution in [3.8, 4) is 0 Å². The number of nitrogens with one attached hydrogen (secondary N) is 2. The summed E-state index contributed by atoms with van der Waals surface area (Å²) in [4.78, 5) is 37.3. The Morgan fingerprint density at radius 1 is 1.05 bits per heavy atom. The zero-order chi connectivity index (χ0) is 15.0. The molecule has 0 aromatic heterocycles. The molecule has 114 valence electrons. The molecule has 0 unspecified atom stereocenters. The number of carboxylic acid groups (broad SMARTS) is 1. The summed E-state index contributed by atoms with van der Waals surface area (Å²) in [6, 6.07) is -0.286. The summed E-state index contributed by atoms with van der Waals surface area (Å²) in [6.07, 6.45) is 1.09. The van der Waals surface area contributed by atoms with Gasteiger partial charge in [0.2, 0.25) is 5.91 Å². The van der Waals surface area contributed by atoms with Crippen LogP contribution in [-0.4, -0.2) is 78.6 Å². The van der Waals surface area contributed by atoms with E-state index in [1.165, 1.54) is 0 Å². The van der Waals surface area contributed by atoms with Crippen LogP contribution in [0, 0.1) is 0 Å². The minimum atomic E-state index is -1.11. The molecule has 0 aromatic rings. The van der Waals surface area contributed by atoms with E-state index in [4.69, 9.17) is 5.11 Å². The van der Waals surface area contributed by atoms with Crippen LogP contribution in [0.5, 0.6) is 0 Å². The molecular formula is C12H22N4O4. The lowest BCUT2D eigenvalue weighted by molar-refractivity contribution is -0.137. The molecule has 0 atom stereocenters. The maximum absolute atomic E-state index is 11.8. The van der Waals surface area contributed by atoms with E-state index in [0.29, 0.717) is 13.1 Å². The number of hydrogen-bond donors (Lipinski definition) is 3. The summed E-state index contributed by atoms with van der Waals surface area (Å²) in [5, 5.41) is 13.1. The zero-order valence-corrected chi connectivity index (χ0v) is 11.7. The normalized spacial score (nSPS) is 15.8. The van der Waals surface area contributed by atoms with Crippen LogP contribution in [0.1, 0.15) is 13.3 Å². The highest BCUT2D eigenvalue weighted by Crippen LogP contribution is 2.02. The Balaban J connectivity index is 2.20. The number of carboxylic acids is 1. The zero-order valence-electron chi connectivity index (χ0n) is 11.7. The Morgan fingerprint density at radius 2 is 1.70 bits per heavy atom. The second-order valence-electron chi connectivity index (χ2n) is 4.66. The van der Waals surface area contributed by atoms with Gasteiger partial charge in [-0.05, 0) is 13.0 Å². The van der Waals surface area contributed by atoms with Crippen LogP contribution >= 0.6 is 0 Å². The van der Waals surface area contributed by atoms with Gasteiger partial charge < -0.3 is 20.6 Å². The average molecular weight is 286 g/mol. The monoisotopic (exact) mass is 286 g/mol. The van der Waals surface area contributed by atoms with Gasteiger partial charge in [0.25, 0.3) is 0 Å². The number of carbonyl (C=O) groups is 3. The Labute approximate surface area is 118 Å². The van der Waals surface area contributed by atoms with Crippen molar-refractivity contribution in [1.82, 2.24) is 20.4 Å². The fourth-order valence-corrected chi connectivity index (χ4v) is 2.00. The van der Waals surface area contributed by atoms with Gasteiger partial charge in [-0.25, -0.2) is 4.79 Å². The van der Waals surface area contributed by atoms with Crippen molar-refractivity contribution in [2.45, 2.75) is 13.3 Å². The van der Waals surface area contributed by atoms with Gasteiger partial charge in [0.15, 0.2) is 0 Å². The van der Waals surface area contributed by atoms with E-state index in [9.17, 15) is 14.4 Å². The molecule has 3 amide bonds. The summed E-state index contributed by atoms with van der Waals surface area (Å²) in [5.74, 6) is -1.62. The van der Waals surface area contributed by atoms with Crippen molar-refractivity contribution < 1.29 is 19.5 Å². The van der Waals surface area contributed by atoms with Gasteiger partial charge in [0, 0.05) is 26.2 Å². The van der Waals surface area contributed by atoms with Crippen LogP contribution in [-0.2, 0) is 9.59 Å². The molecule has 0 radical (unpaired) electrons. The molecule has 1 fully saturated rings. The Hall–Kier alpha value is -1.83. The molecule has 3 N–H and O–H groups in total. The summed E-state index contributed by atoms with van der Waals surface area (Å²) < 4.78 is 0. The second kappa shape index (κ2) is 8.36. The average Bonchev–Trinajstić information content (AvgIpc) is 2.43. The van der Waals surface area contributed by atoms with Gasteiger partial charge in [-0.1, -0.05) is 6.92 Å². The Kier molecular flexibility index (Phi) is 6.78. The van der Waals surface area contributed by atoms with Crippen LogP contribution in [0.2, 0.25) is 0 Å². The summed E-state index contributed by atoms with van der Waals surface area (Å²) >= 11 is 0. The molecule has 0 bridgehead atoms. The molecule has 1 heterocycles. The van der Waals surface area contributed by atoms with Gasteiger partial charge in [-0.2, -0.15) is 0 Å². The van der Waals surface area contributed by atoms with E-state index in [1.54, 1.807) is 4.90 Å². The highest BCUT2D eigenvalue weighted by molar-refractivity contribution is 5.86. The fraction of sp³-hybridized carbons (Fsp3) is 0.750. The lowest BCUT2D eigenvalue weighted by atomic mass is 10.3. The summed E-state index contributed by atoms with van der Waals surface area (Å²) in [5.41, 5.74) is 0. The van der Waals surface area contributed by atoms with Crippen LogP contribution in [0.25, 0.3) is 0 Å². The Morgan fingerprint density at radius 3 is 2.25 bits per heavy atom. The first-order valence-electron chi connectivity index (χ1n) is 6.76. The summed E-state index contributed by atoms with van der Waals surface area (Å²) in [6.45, 7) is 5.47. The van der Waals surface area contributed by atoms with Crippen LogP contribution in [0.3, 0.4) is 0 Å². The molecule has 1 aliphatic rings. The molecule has 1 saturated heterocycles. The third-order valence-electron chi connectivity index (χ3n) is 3.04. The quantitative estimate of drug-likeness (QED) is 0.577. The Bertz CT molecular complexity index is 353. The van der Waals surface area contributed by atoms with Crippen LogP contribution < -0.4 is 10.6 Å². The standard InChI is InChI=1S/C12H22N4O4/c1-2-3-15-4-6-16(7-5-15)12(20)14-8-10(17)13-9-11(18)19/h2-9H2,1H3,(H,13,17)(H,14,20)(H,18,19). The van der Waals surface area contributed by atoms with Crippen molar-refractivity contribution in [1.29, 1.82) is 0 Å². The smallest absolute Gasteiger partial charge is 0.322 e. The van der Waals surface area contributed by atoms with Crippen molar-refractivity contribution in [2.75, 3.05) is 45.8 Å². The van der Waals surface area contributed by atoms with Gasteiger partial charge >= 0.3 is 12.0 Å². The molecule has 0 aromatic carbocycles. The van der Waals surface area contributed by atoms with Gasteiger partial charge in [-0.3, -0.25) is 14.5 Å². The number of piperazine rings is 1. The van der Waals surface area contributed by atoms with E-state index in [1.807, 2.05) is 0 Å². The number of aliphatic carboxylic acids is 1. The lowest BCUT2D eigenvalue weighted by Crippen LogP contribution is -2.53. The lowest BCUT2D eigenvalue weighted by Gasteiger charge is -2.34. The van der Waals surface area contributed by atoms with Crippen LogP contribution in [0.15, 0.2) is 0 Å². The fourth-order valence-electron chi connectivity index (χ4n) is 2.00. The largest absolute Gasteiger partial charge is 0.480 e. The van der Waals surface area contributed by atoms with E-state index in [-0.39, 0.29) is 12.6 Å². The third-order valence-corrected chi connectivity index (χ3v) is 3.04. The number of urea groups is 1. The molecule has 20 heavy (non-hydrogen) atoms. The van der Waals surface area contributed by atoms with Gasteiger partial charge in [-0.15, -0.1) is 0 Å². The first kappa shape index (κ1) is 16.2. The molecule has 8 heteroatoms. The van der Waals surface area contributed by atoms with Crippen molar-refractivity contribution >= 4 is 17.9 Å². The molecule has 0 spiro atoms. The number of hydrogen-bond acceptors (Lipinski definition) is 4. The van der Waals surface area contributed by atoms with Crippen molar-refractivity contribution in [3.05, 3.63) is 0 Å². The van der Waals surface area contributed by atoms with E-state index in [2.05, 4.69) is 22.5 Å². The SMILES string of the molecule is CCCN1CCN(C(=O)NCC(=O)NCC(=O)O)CC1. The number of rotatable bonds is 6. The highest BCUT2D eigenvalue weighted by atomic mass is 16.4. The molecule has 1 aliphatic heterocycles. The first-order chi connectivity index (χ1) is 9.52. The highest BCUT2D eigenvalue weighted by Gasteiger charge is 2.20. The minimum absolute atomic E-state index is 0.207. The number of amides is 3. The van der Waals surface area contributed by atoms with E-state index < -0.39 is 18.4 Å². The third kappa shape index (κ3) is 5.87. The van der Waals surface area contributed by atoms with E-state index in [0.717, 1.165) is 26.1 Å². The minimum Gasteiger partial charge on any atom is -0.480 e. The number of nitrogens with zero attached hydrogens (tertiary/aromatic N) is 2. The van der Waals surface area contributed by atoms with Crippen molar-refractivity contribution in [3.63, 3.8) is 0 Å². The predicted octanol–water partition coefficient (Wildman–Crippen LogP) is -1.08. The topological polar surface area (TPSA) is 102 Å². The van der Waals surface area contributed by atoms with Crippen molar-refractivity contribution in [2.24, 2.45) is 0 Å². The molecule has 0 saturated carbocycles. The molecule has 8 nitrogen and oxygen atoms in total. The summed E-state index contributed by atoms with van der Waals surface area (Å²) in [7, 11) is 0. The molecule has 0 aliphatic carbocycles. The predicted molar refractivity (Wildman–Crippen MR) is 72.3 cm³/mol. The van der Waals surface area contributed by atoms with E-state index >= 15 is 0 Å².